The van der Waals surface area contributed by atoms with Gasteiger partial charge in [0.1, 0.15) is 11.4 Å². The van der Waals surface area contributed by atoms with Gasteiger partial charge in [0.05, 0.1) is 12.7 Å². The second-order valence-electron chi connectivity index (χ2n) is 6.17. The van der Waals surface area contributed by atoms with Crippen LogP contribution in [0, 0.1) is 5.82 Å². The number of aromatic nitrogens is 1. The number of methoxy groups -OCH3 is 1. The molecule has 1 aliphatic heterocycles. The van der Waals surface area contributed by atoms with E-state index in [2.05, 4.69) is 4.74 Å². The van der Waals surface area contributed by atoms with Crippen molar-refractivity contribution in [3.63, 3.8) is 0 Å². The molecule has 0 N–H and O–H groups in total. The molecule has 0 aliphatic carbocycles. The van der Waals surface area contributed by atoms with E-state index in [0.29, 0.717) is 48.6 Å². The van der Waals surface area contributed by atoms with Crippen LogP contribution >= 0.6 is 0 Å². The van der Waals surface area contributed by atoms with E-state index in [9.17, 15) is 27.2 Å². The average molecular weight is 388 g/mol. The Hall–Kier alpha value is -2.78. The molecule has 1 fully saturated rings. The maximum Gasteiger partial charge on any atom is 0.416 e. The van der Waals surface area contributed by atoms with E-state index in [1.54, 1.807) is 0 Å². The maximum atomic E-state index is 14.1. The molecule has 2 aromatic rings. The first-order chi connectivity index (χ1) is 12.7. The Morgan fingerprint density at radius 3 is 2.44 bits per heavy atom. The van der Waals surface area contributed by atoms with Crippen molar-refractivity contribution in [2.45, 2.75) is 24.9 Å². The lowest BCUT2D eigenvalue weighted by Crippen LogP contribution is -2.37. The Balaban J connectivity index is 1.82. The van der Waals surface area contributed by atoms with Crippen LogP contribution in [0.5, 0.6) is 0 Å². The van der Waals surface area contributed by atoms with Gasteiger partial charge in [-0.3, -0.25) is 4.79 Å². The molecule has 0 spiro atoms. The van der Waals surface area contributed by atoms with Crippen molar-refractivity contribution in [2.75, 3.05) is 20.2 Å². The third-order valence-corrected chi connectivity index (χ3v) is 4.49. The third-order valence-electron chi connectivity index (χ3n) is 4.49. The number of carbonyl (C=O) groups excluding carboxylic acids is 1. The lowest BCUT2D eigenvalue weighted by atomic mass is 9.95. The van der Waals surface area contributed by atoms with Gasteiger partial charge in [0.2, 0.25) is 0 Å². The molecule has 0 bridgehead atoms. The zero-order valence-electron chi connectivity index (χ0n) is 14.3. The first kappa shape index (κ1) is 19.0. The minimum atomic E-state index is -4.69. The number of alkyl halides is 3. The quantitative estimate of drug-likeness (QED) is 0.739. The summed E-state index contributed by atoms with van der Waals surface area (Å²) in [6.45, 7) is 0.807. The highest BCUT2D eigenvalue weighted by molar-refractivity contribution is 5.67. The smallest absolute Gasteiger partial charge is 0.416 e. The highest BCUT2D eigenvalue weighted by atomic mass is 19.4. The summed E-state index contributed by atoms with van der Waals surface area (Å²) in [5.74, 6) is -1.09. The Labute approximate surface area is 150 Å². The van der Waals surface area contributed by atoms with Gasteiger partial charge in [-0.15, -0.1) is 4.74 Å². The van der Waals surface area contributed by atoms with Gasteiger partial charge in [0.25, 0.3) is 5.56 Å². The molecule has 2 heterocycles. The van der Waals surface area contributed by atoms with Gasteiger partial charge in [0.15, 0.2) is 5.82 Å². The number of benzene rings is 1. The fourth-order valence-corrected chi connectivity index (χ4v) is 3.04. The predicted molar refractivity (Wildman–Crippen MR) is 85.2 cm³/mol. The van der Waals surface area contributed by atoms with Crippen LogP contribution < -0.4 is 5.56 Å². The molecule has 1 aliphatic rings. The number of hydrogen-bond acceptors (Lipinski definition) is 4. The van der Waals surface area contributed by atoms with Crippen molar-refractivity contribution in [3.05, 3.63) is 51.8 Å². The molecule has 146 valence electrons. The van der Waals surface area contributed by atoms with Crippen LogP contribution in [0.4, 0.5) is 22.4 Å². The second kappa shape index (κ2) is 7.09. The predicted octanol–water partition coefficient (Wildman–Crippen LogP) is 3.53. The molecule has 0 saturated carbocycles. The molecule has 0 radical (unpaired) electrons. The van der Waals surface area contributed by atoms with Crippen LogP contribution in [0.2, 0.25) is 0 Å². The molecule has 27 heavy (non-hydrogen) atoms. The van der Waals surface area contributed by atoms with Crippen LogP contribution in [0.25, 0.3) is 5.69 Å². The van der Waals surface area contributed by atoms with Gasteiger partial charge in [-0.25, -0.2) is 9.18 Å². The normalized spacial score (nSPS) is 15.8. The highest BCUT2D eigenvalue weighted by Gasteiger charge is 2.32. The number of ether oxygens (including phenoxy) is 1. The van der Waals surface area contributed by atoms with E-state index in [1.807, 2.05) is 0 Å². The summed E-state index contributed by atoms with van der Waals surface area (Å²) >= 11 is 0. The lowest BCUT2D eigenvalue weighted by molar-refractivity contribution is -0.137. The first-order valence-corrected chi connectivity index (χ1v) is 8.14. The second-order valence-corrected chi connectivity index (χ2v) is 6.17. The summed E-state index contributed by atoms with van der Waals surface area (Å²) in [5, 5.41) is 0. The molecule has 0 atom stereocenters. The fraction of sp³-hybridized carbons (Fsp3) is 0.412. The van der Waals surface area contributed by atoms with Crippen LogP contribution in [0.1, 0.15) is 30.1 Å². The summed E-state index contributed by atoms with van der Waals surface area (Å²) in [6.07, 6.45) is -4.11. The summed E-state index contributed by atoms with van der Waals surface area (Å²) in [7, 11) is 1.28. The molecule has 1 amide bonds. The number of carbonyl (C=O) groups is 1. The summed E-state index contributed by atoms with van der Waals surface area (Å²) in [4.78, 5) is 25.1. The van der Waals surface area contributed by atoms with Gasteiger partial charge < -0.3 is 14.2 Å². The number of nitrogens with zero attached hydrogens (tertiary/aromatic N) is 2. The van der Waals surface area contributed by atoms with Crippen molar-refractivity contribution in [3.8, 4) is 5.69 Å². The minimum Gasteiger partial charge on any atom is -0.453 e. The lowest BCUT2D eigenvalue weighted by Gasteiger charge is -2.29. The van der Waals surface area contributed by atoms with Crippen molar-refractivity contribution in [1.82, 2.24) is 9.64 Å². The Morgan fingerprint density at radius 1 is 1.22 bits per heavy atom. The monoisotopic (exact) mass is 388 g/mol. The highest BCUT2D eigenvalue weighted by Crippen LogP contribution is 2.32. The molecule has 1 aromatic heterocycles. The van der Waals surface area contributed by atoms with E-state index in [4.69, 9.17) is 4.52 Å². The van der Waals surface area contributed by atoms with E-state index >= 15 is 0 Å². The summed E-state index contributed by atoms with van der Waals surface area (Å²) in [5.41, 5.74) is -2.23. The van der Waals surface area contributed by atoms with Crippen molar-refractivity contribution in [1.29, 1.82) is 0 Å². The maximum absolute atomic E-state index is 14.1. The van der Waals surface area contributed by atoms with Crippen LogP contribution in [0.15, 0.2) is 33.6 Å². The van der Waals surface area contributed by atoms with E-state index in [1.165, 1.54) is 18.1 Å². The van der Waals surface area contributed by atoms with E-state index in [0.717, 1.165) is 6.07 Å². The first-order valence-electron chi connectivity index (χ1n) is 8.14. The SMILES string of the molecule is COC(=O)N1CCC(c2cc(=O)n(-c3ccc(C(F)(F)F)cc3F)o2)CC1. The number of piperidine rings is 1. The van der Waals surface area contributed by atoms with Gasteiger partial charge in [-0.1, -0.05) is 0 Å². The number of amides is 1. The van der Waals surface area contributed by atoms with Gasteiger partial charge in [0, 0.05) is 25.1 Å². The van der Waals surface area contributed by atoms with E-state index in [-0.39, 0.29) is 5.92 Å². The largest absolute Gasteiger partial charge is 0.453 e. The Morgan fingerprint density at radius 2 is 1.89 bits per heavy atom. The fourth-order valence-electron chi connectivity index (χ4n) is 3.04. The number of hydrogen-bond donors (Lipinski definition) is 0. The standard InChI is InChI=1S/C17H16F4N2O4/c1-26-16(25)22-6-4-10(5-7-22)14-9-15(24)23(27-14)13-3-2-11(8-12(13)18)17(19,20)21/h2-3,8-10H,4-7H2,1H3. The molecule has 3 rings (SSSR count). The van der Waals surface area contributed by atoms with E-state index < -0.39 is 34.9 Å². The Bertz CT molecular complexity index is 895. The molecule has 10 heteroatoms. The summed E-state index contributed by atoms with van der Waals surface area (Å²) < 4.78 is 62.7. The molecular formula is C17H16F4N2O4. The van der Waals surface area contributed by atoms with Crippen molar-refractivity contribution < 1.29 is 31.6 Å². The number of halogens is 4. The zero-order chi connectivity index (χ0) is 19.8. The Kier molecular flexibility index (Phi) is 4.99. The number of rotatable bonds is 2. The van der Waals surface area contributed by atoms with Gasteiger partial charge in [-0.05, 0) is 31.0 Å². The van der Waals surface area contributed by atoms with Crippen LogP contribution in [0.3, 0.4) is 0 Å². The van der Waals surface area contributed by atoms with Crippen molar-refractivity contribution >= 4 is 6.09 Å². The van der Waals surface area contributed by atoms with Crippen LogP contribution in [-0.4, -0.2) is 35.9 Å². The molecule has 1 saturated heterocycles. The molecule has 1 aromatic carbocycles. The van der Waals surface area contributed by atoms with Gasteiger partial charge in [-0.2, -0.15) is 13.2 Å². The van der Waals surface area contributed by atoms with Crippen LogP contribution in [-0.2, 0) is 10.9 Å². The topological polar surface area (TPSA) is 64.7 Å². The third kappa shape index (κ3) is 3.83. The molecular weight excluding hydrogens is 372 g/mol. The summed E-state index contributed by atoms with van der Waals surface area (Å²) in [6, 6.07) is 3.04. The number of likely N-dealkylation sites (tertiary alicyclic amines) is 1. The van der Waals surface area contributed by atoms with Crippen molar-refractivity contribution in [2.24, 2.45) is 0 Å². The average Bonchev–Trinajstić information content (AvgIpc) is 3.02. The molecule has 0 unspecified atom stereocenters. The minimum absolute atomic E-state index is 0.169. The zero-order valence-corrected chi connectivity index (χ0v) is 14.3. The molecule has 6 nitrogen and oxygen atoms in total. The van der Waals surface area contributed by atoms with Gasteiger partial charge >= 0.3 is 12.3 Å².